The van der Waals surface area contributed by atoms with Crippen LogP contribution in [0.4, 0.5) is 34.1 Å². The van der Waals surface area contributed by atoms with Crippen molar-refractivity contribution in [2.75, 3.05) is 24.0 Å². The molecule has 0 unspecified atom stereocenters. The van der Waals surface area contributed by atoms with Crippen LogP contribution in [0, 0.1) is 0 Å². The molecule has 0 aliphatic heterocycles. The van der Waals surface area contributed by atoms with E-state index in [4.69, 9.17) is 9.47 Å². The van der Waals surface area contributed by atoms with Gasteiger partial charge in [0.1, 0.15) is 11.5 Å². The highest BCUT2D eigenvalue weighted by molar-refractivity contribution is 5.86. The zero-order chi connectivity index (χ0) is 68.5. The van der Waals surface area contributed by atoms with E-state index in [0.717, 1.165) is 118 Å². The van der Waals surface area contributed by atoms with E-state index in [1.165, 1.54) is 16.7 Å². The van der Waals surface area contributed by atoms with Gasteiger partial charge in [0.25, 0.3) is 0 Å². The third kappa shape index (κ3) is 18.1. The highest BCUT2D eigenvalue weighted by Crippen LogP contribution is 2.39. The summed E-state index contributed by atoms with van der Waals surface area (Å²) in [5.41, 5.74) is 24.1. The molecule has 0 aliphatic rings. The number of allylic oxidation sites excluding steroid dienone is 9. The Hall–Kier alpha value is -13.0. The minimum absolute atomic E-state index is 0.792. The van der Waals surface area contributed by atoms with E-state index in [1.807, 2.05) is 54.6 Å². The smallest absolute Gasteiger partial charge is 0.120 e. The molecule has 4 nitrogen and oxygen atoms in total. The monoisotopic (exact) mass is 1290 g/mol. The van der Waals surface area contributed by atoms with Crippen molar-refractivity contribution in [2.24, 2.45) is 0 Å². The number of rotatable bonds is 26. The Morgan fingerprint density at radius 2 is 0.550 bits per heavy atom. The van der Waals surface area contributed by atoms with Crippen LogP contribution in [0.15, 0.2) is 371 Å². The Bertz CT molecular complexity index is 4920. The Morgan fingerprint density at radius 3 is 0.840 bits per heavy atom. The van der Waals surface area contributed by atoms with Crippen LogP contribution in [0.3, 0.4) is 0 Å². The van der Waals surface area contributed by atoms with Crippen molar-refractivity contribution in [1.29, 1.82) is 0 Å². The summed E-state index contributed by atoms with van der Waals surface area (Å²) >= 11 is 0. The van der Waals surface area contributed by atoms with Gasteiger partial charge >= 0.3 is 0 Å². The first-order valence-corrected chi connectivity index (χ1v) is 33.5. The van der Waals surface area contributed by atoms with Crippen molar-refractivity contribution in [3.05, 3.63) is 443 Å². The van der Waals surface area contributed by atoms with Crippen LogP contribution < -0.4 is 19.3 Å². The molecule has 0 spiro atoms. The lowest BCUT2D eigenvalue weighted by Crippen LogP contribution is -2.10. The molecule has 0 saturated carbocycles. The number of benzene rings is 12. The van der Waals surface area contributed by atoms with Crippen LogP contribution in [0.5, 0.6) is 11.5 Å². The number of methoxy groups -OCH3 is 2. The van der Waals surface area contributed by atoms with E-state index in [0.29, 0.717) is 0 Å². The third-order valence-electron chi connectivity index (χ3n) is 17.1. The maximum Gasteiger partial charge on any atom is 0.120 e. The number of hydrogen-bond acceptors (Lipinski definition) is 4. The lowest BCUT2D eigenvalue weighted by atomic mass is 9.96. The average Bonchev–Trinajstić information content (AvgIpc) is 0.814. The molecular weight excluding hydrogens is 1210 g/mol. The first-order valence-electron chi connectivity index (χ1n) is 33.5. The molecule has 0 aromatic heterocycles. The minimum atomic E-state index is 0.792. The predicted molar refractivity (Wildman–Crippen MR) is 431 cm³/mol. The number of hydrogen-bond donors (Lipinski definition) is 0. The number of anilines is 6. The number of ether oxygens (including phenoxy) is 2. The van der Waals surface area contributed by atoms with Gasteiger partial charge in [-0.25, -0.2) is 0 Å². The summed E-state index contributed by atoms with van der Waals surface area (Å²) in [5, 5.41) is 0. The van der Waals surface area contributed by atoms with Crippen molar-refractivity contribution in [1.82, 2.24) is 0 Å². The van der Waals surface area contributed by atoms with E-state index in [1.54, 1.807) is 20.3 Å². The zero-order valence-electron chi connectivity index (χ0n) is 56.4. The molecule has 12 rings (SSSR count). The van der Waals surface area contributed by atoms with Gasteiger partial charge in [-0.1, -0.05) is 341 Å². The Morgan fingerprint density at radius 1 is 0.270 bits per heavy atom. The largest absolute Gasteiger partial charge is 0.497 e. The molecule has 12 aromatic carbocycles. The summed E-state index contributed by atoms with van der Waals surface area (Å²) in [6.45, 7) is 7.93. The molecule has 0 fully saturated rings. The molecule has 0 saturated heterocycles. The highest BCUT2D eigenvalue weighted by atomic mass is 16.5. The lowest BCUT2D eigenvalue weighted by Gasteiger charge is -2.26. The maximum absolute atomic E-state index is 5.69. The maximum atomic E-state index is 5.69. The third-order valence-corrected chi connectivity index (χ3v) is 17.1. The van der Waals surface area contributed by atoms with Crippen molar-refractivity contribution in [3.8, 4) is 11.5 Å². The van der Waals surface area contributed by atoms with E-state index < -0.39 is 0 Å². The standard InChI is InChI=1S/C96H78N2O2/c1-5-20-83(6-2)95(84-23-10-7-11-24-84)33-16-21-73-35-39-75(40-36-73)47-51-79-55-63-87(64-56-79)97(91-29-18-31-93(71-91)99-3)89-67-59-81(60-68-89)53-49-77-43-45-78(46-44-77)50-54-82-61-69-90(70-62-82)98(92-30-19-32-94(72-92)100-4)88-65-57-80(58-66-88)52-48-76-41-37-74(38-42-76)22-17-34-96(85-25-12-8-13-26-85)86-27-14-9-15-28-86/h5-72H,1-2H2,3-4H3/b21-16+,22-17+,51-47+,52-48+,53-49+,54-50+,83-20+,95-33?. The molecule has 0 aliphatic carbocycles. The highest BCUT2D eigenvalue weighted by Gasteiger charge is 2.16. The predicted octanol–water partition coefficient (Wildman–Crippen LogP) is 25.9. The molecule has 100 heavy (non-hydrogen) atoms. The van der Waals surface area contributed by atoms with Crippen LogP contribution >= 0.6 is 0 Å². The molecule has 0 bridgehead atoms. The van der Waals surface area contributed by atoms with Gasteiger partial charge in [0.05, 0.1) is 14.2 Å². The summed E-state index contributed by atoms with van der Waals surface area (Å²) in [7, 11) is 3.41. The molecular formula is C96H78N2O2. The quantitative estimate of drug-likeness (QED) is 0.0398. The fourth-order valence-electron chi connectivity index (χ4n) is 11.7. The van der Waals surface area contributed by atoms with Crippen LogP contribution in [-0.4, -0.2) is 14.2 Å². The van der Waals surface area contributed by atoms with Gasteiger partial charge in [-0.2, -0.15) is 0 Å². The van der Waals surface area contributed by atoms with E-state index in [2.05, 4.69) is 375 Å². The summed E-state index contributed by atoms with van der Waals surface area (Å²) in [4.78, 5) is 4.52. The second-order valence-corrected chi connectivity index (χ2v) is 23.8. The van der Waals surface area contributed by atoms with Crippen LogP contribution in [0.2, 0.25) is 0 Å². The van der Waals surface area contributed by atoms with Crippen LogP contribution in [0.1, 0.15) is 72.3 Å². The summed E-state index contributed by atoms with van der Waals surface area (Å²) in [6, 6.07) is 108. The molecule has 0 atom stereocenters. The van der Waals surface area contributed by atoms with Crippen LogP contribution in [0.25, 0.3) is 71.9 Å². The zero-order valence-corrected chi connectivity index (χ0v) is 56.4. The van der Waals surface area contributed by atoms with Gasteiger partial charge in [0.15, 0.2) is 0 Å². The van der Waals surface area contributed by atoms with Gasteiger partial charge in [0, 0.05) is 46.3 Å². The SMILES string of the molecule is C=C/C=C(\C=C)C(=C/C=C/c1ccc(/C=C/c2ccc(N(c3ccc(/C=C/c4ccc(/C=C/c5ccc(N(c6ccc(/C=C/c7ccc(/C=C/C=C(c8ccccc8)c8ccccc8)cc7)cc6)c6cccc(OC)c6)cc5)cc4)cc3)c3cccc(OC)c3)cc2)cc1)c1ccccc1. The normalized spacial score (nSPS) is 11.9. The van der Waals surface area contributed by atoms with Gasteiger partial charge in [-0.05, 0) is 162 Å². The molecule has 0 amide bonds. The second-order valence-electron chi connectivity index (χ2n) is 23.8. The first-order chi connectivity index (χ1) is 49.3. The summed E-state index contributed by atoms with van der Waals surface area (Å²) in [6.07, 6.45) is 35.7. The fourth-order valence-corrected chi connectivity index (χ4v) is 11.7. The molecule has 12 aromatic rings. The van der Waals surface area contributed by atoms with E-state index in [9.17, 15) is 0 Å². The summed E-state index contributed by atoms with van der Waals surface area (Å²) in [5.74, 6) is 1.59. The average molecular weight is 1290 g/mol. The molecule has 4 heteroatoms. The lowest BCUT2D eigenvalue weighted by molar-refractivity contribution is 0.415. The Balaban J connectivity index is 0.667. The van der Waals surface area contributed by atoms with E-state index >= 15 is 0 Å². The van der Waals surface area contributed by atoms with Crippen molar-refractivity contribution in [3.63, 3.8) is 0 Å². The molecule has 484 valence electrons. The van der Waals surface area contributed by atoms with Crippen LogP contribution in [-0.2, 0) is 0 Å². The topological polar surface area (TPSA) is 24.9 Å². The molecule has 0 radical (unpaired) electrons. The van der Waals surface area contributed by atoms with Gasteiger partial charge in [0.2, 0.25) is 0 Å². The van der Waals surface area contributed by atoms with Crippen molar-refractivity contribution in [2.45, 2.75) is 0 Å². The Labute approximate surface area is 590 Å². The van der Waals surface area contributed by atoms with Gasteiger partial charge in [-0.15, -0.1) is 0 Å². The van der Waals surface area contributed by atoms with Crippen molar-refractivity contribution < 1.29 is 9.47 Å². The minimum Gasteiger partial charge on any atom is -0.497 e. The van der Waals surface area contributed by atoms with Gasteiger partial charge in [-0.3, -0.25) is 0 Å². The first kappa shape index (κ1) is 67.0. The fraction of sp³-hybridized carbons (Fsp3) is 0.0208. The molecule has 0 N–H and O–H groups in total. The van der Waals surface area contributed by atoms with E-state index in [-0.39, 0.29) is 0 Å². The number of nitrogens with zero attached hydrogens (tertiary/aromatic N) is 2. The Kier molecular flexibility index (Phi) is 22.8. The molecule has 0 heterocycles. The second kappa shape index (κ2) is 34.1. The summed E-state index contributed by atoms with van der Waals surface area (Å²) < 4.78 is 11.4. The van der Waals surface area contributed by atoms with Crippen molar-refractivity contribution >= 4 is 106 Å². The van der Waals surface area contributed by atoms with Gasteiger partial charge < -0.3 is 19.3 Å².